The SMILES string of the molecule is C#C/C(C=C)=C(\N(C/C(=C(\C)N=C)N(C)C)c1ccc(F)c(C(=C)/C=C/CC)c1)C1(N)CCC(CCC)C=C1C. The minimum Gasteiger partial charge on any atom is -0.378 e. The molecule has 2 atom stereocenters. The van der Waals surface area contributed by atoms with E-state index in [-0.39, 0.29) is 5.82 Å². The van der Waals surface area contributed by atoms with Crippen molar-refractivity contribution in [3.8, 4) is 12.3 Å². The second-order valence-corrected chi connectivity index (χ2v) is 10.7. The van der Waals surface area contributed by atoms with Gasteiger partial charge in [0.25, 0.3) is 0 Å². The zero-order chi connectivity index (χ0) is 30.0. The van der Waals surface area contributed by atoms with Gasteiger partial charge in [-0.25, -0.2) is 4.39 Å². The molecule has 0 aromatic heterocycles. The van der Waals surface area contributed by atoms with E-state index in [1.54, 1.807) is 12.1 Å². The van der Waals surface area contributed by atoms with Crippen molar-refractivity contribution in [2.45, 2.75) is 65.3 Å². The van der Waals surface area contributed by atoms with E-state index in [1.165, 1.54) is 6.07 Å². The van der Waals surface area contributed by atoms with E-state index in [0.29, 0.717) is 29.2 Å². The Morgan fingerprint density at radius 2 is 2.02 bits per heavy atom. The number of terminal acetylenes is 1. The van der Waals surface area contributed by atoms with Crippen molar-refractivity contribution in [3.63, 3.8) is 0 Å². The predicted octanol–water partition coefficient (Wildman–Crippen LogP) is 8.03. The molecule has 4 nitrogen and oxygen atoms in total. The number of allylic oxidation sites excluding steroid dienone is 7. The summed E-state index contributed by atoms with van der Waals surface area (Å²) in [6.45, 7) is 20.6. The van der Waals surface area contributed by atoms with Crippen molar-refractivity contribution in [2.24, 2.45) is 16.6 Å². The van der Waals surface area contributed by atoms with Crippen LogP contribution < -0.4 is 10.6 Å². The van der Waals surface area contributed by atoms with E-state index in [2.05, 4.69) is 55.6 Å². The molecule has 5 heteroatoms. The summed E-state index contributed by atoms with van der Waals surface area (Å²) in [5.74, 6) is 2.98. The van der Waals surface area contributed by atoms with Gasteiger partial charge in [0.2, 0.25) is 0 Å². The van der Waals surface area contributed by atoms with Crippen molar-refractivity contribution in [2.75, 3.05) is 25.5 Å². The number of nitrogens with two attached hydrogens (primary N) is 1. The minimum atomic E-state index is -0.846. The van der Waals surface area contributed by atoms with Gasteiger partial charge >= 0.3 is 0 Å². The third-order valence-corrected chi connectivity index (χ3v) is 7.73. The summed E-state index contributed by atoms with van der Waals surface area (Å²) in [5.41, 5.74) is 12.4. The van der Waals surface area contributed by atoms with Crippen LogP contribution in [0.15, 0.2) is 88.9 Å². The molecule has 0 saturated carbocycles. The van der Waals surface area contributed by atoms with Gasteiger partial charge in [-0.05, 0) is 75.9 Å². The number of anilines is 1. The third kappa shape index (κ3) is 7.31. The first-order valence-electron chi connectivity index (χ1n) is 14.1. The Hall–Kier alpha value is -3.62. The predicted molar refractivity (Wildman–Crippen MR) is 173 cm³/mol. The number of halogens is 1. The summed E-state index contributed by atoms with van der Waals surface area (Å²) in [4.78, 5) is 8.33. The normalized spacial score (nSPS) is 20.2. The molecule has 0 fully saturated rings. The lowest BCUT2D eigenvalue weighted by Crippen LogP contribution is -2.52. The Kier molecular flexibility index (Phi) is 12.0. The van der Waals surface area contributed by atoms with Gasteiger partial charge < -0.3 is 15.5 Å². The Morgan fingerprint density at radius 1 is 1.32 bits per heavy atom. The fourth-order valence-corrected chi connectivity index (χ4v) is 5.35. The molecule has 1 aliphatic carbocycles. The van der Waals surface area contributed by atoms with Crippen LogP contribution in [0.25, 0.3) is 5.57 Å². The number of hydrogen-bond donors (Lipinski definition) is 1. The monoisotopic (exact) mass is 542 g/mol. The van der Waals surface area contributed by atoms with Gasteiger partial charge in [0, 0.05) is 30.9 Å². The summed E-state index contributed by atoms with van der Waals surface area (Å²) in [5, 5.41) is 0. The zero-order valence-corrected chi connectivity index (χ0v) is 25.4. The summed E-state index contributed by atoms with van der Waals surface area (Å²) in [7, 11) is 3.93. The topological polar surface area (TPSA) is 44.9 Å². The molecule has 0 amide bonds. The first kappa shape index (κ1) is 32.6. The fraction of sp³-hybridized carbons (Fsp3) is 0.400. The van der Waals surface area contributed by atoms with Gasteiger partial charge in [0.1, 0.15) is 5.82 Å². The highest BCUT2D eigenvalue weighted by atomic mass is 19.1. The Balaban J connectivity index is 2.94. The maximum Gasteiger partial charge on any atom is 0.131 e. The van der Waals surface area contributed by atoms with Gasteiger partial charge in [-0.15, -0.1) is 6.42 Å². The Morgan fingerprint density at radius 3 is 2.55 bits per heavy atom. The molecular formula is C35H47FN4. The number of aliphatic imine (C=N–C) groups is 1. The number of likely N-dealkylation sites (N-methyl/N-ethyl adjacent to an activating group) is 1. The van der Waals surface area contributed by atoms with Gasteiger partial charge in [-0.3, -0.25) is 4.99 Å². The highest BCUT2D eigenvalue weighted by Crippen LogP contribution is 2.42. The van der Waals surface area contributed by atoms with Crippen molar-refractivity contribution < 1.29 is 4.39 Å². The van der Waals surface area contributed by atoms with Crippen molar-refractivity contribution in [1.82, 2.24) is 4.90 Å². The smallest absolute Gasteiger partial charge is 0.131 e. The molecule has 214 valence electrons. The fourth-order valence-electron chi connectivity index (χ4n) is 5.35. The molecule has 2 rings (SSSR count). The lowest BCUT2D eigenvalue weighted by atomic mass is 9.73. The second kappa shape index (κ2) is 14.7. The number of nitrogens with zero attached hydrogens (tertiary/aromatic N) is 3. The average molecular weight is 543 g/mol. The van der Waals surface area contributed by atoms with Crippen LogP contribution in [0.2, 0.25) is 0 Å². The molecule has 2 unspecified atom stereocenters. The molecular weight excluding hydrogens is 495 g/mol. The van der Waals surface area contributed by atoms with Crippen molar-refractivity contribution in [3.05, 3.63) is 95.3 Å². The molecule has 2 N–H and O–H groups in total. The van der Waals surface area contributed by atoms with E-state index in [0.717, 1.165) is 60.5 Å². The minimum absolute atomic E-state index is 0.341. The molecule has 40 heavy (non-hydrogen) atoms. The maximum absolute atomic E-state index is 15.1. The lowest BCUT2D eigenvalue weighted by Gasteiger charge is -2.45. The number of rotatable bonds is 13. The lowest BCUT2D eigenvalue weighted by molar-refractivity contribution is 0.394. The van der Waals surface area contributed by atoms with Crippen LogP contribution in [0.4, 0.5) is 10.1 Å². The van der Waals surface area contributed by atoms with E-state index in [4.69, 9.17) is 12.2 Å². The first-order chi connectivity index (χ1) is 19.0. The maximum atomic E-state index is 15.1. The molecule has 0 aliphatic heterocycles. The zero-order valence-electron chi connectivity index (χ0n) is 25.4. The summed E-state index contributed by atoms with van der Waals surface area (Å²) >= 11 is 0. The second-order valence-electron chi connectivity index (χ2n) is 10.7. The average Bonchev–Trinajstić information content (AvgIpc) is 2.93. The molecule has 0 saturated heterocycles. The van der Waals surface area contributed by atoms with Crippen LogP contribution in [0.1, 0.15) is 65.4 Å². The summed E-state index contributed by atoms with van der Waals surface area (Å²) in [6, 6.07) is 5.07. The van der Waals surface area contributed by atoms with Crippen LogP contribution in [0, 0.1) is 24.1 Å². The van der Waals surface area contributed by atoms with Crippen LogP contribution in [0.5, 0.6) is 0 Å². The first-order valence-corrected chi connectivity index (χ1v) is 14.1. The van der Waals surface area contributed by atoms with Crippen LogP contribution in [-0.4, -0.2) is 37.8 Å². The molecule has 0 radical (unpaired) electrons. The van der Waals surface area contributed by atoms with E-state index in [9.17, 15) is 0 Å². The van der Waals surface area contributed by atoms with E-state index in [1.807, 2.05) is 51.1 Å². The number of benzene rings is 1. The highest BCUT2D eigenvalue weighted by molar-refractivity contribution is 5.76. The molecule has 0 spiro atoms. The highest BCUT2D eigenvalue weighted by Gasteiger charge is 2.40. The third-order valence-electron chi connectivity index (χ3n) is 7.73. The Labute approximate surface area is 242 Å². The van der Waals surface area contributed by atoms with Crippen LogP contribution in [-0.2, 0) is 0 Å². The van der Waals surface area contributed by atoms with Crippen molar-refractivity contribution in [1.29, 1.82) is 0 Å². The number of hydrogen-bond acceptors (Lipinski definition) is 4. The van der Waals surface area contributed by atoms with E-state index >= 15 is 4.39 Å². The van der Waals surface area contributed by atoms with Crippen LogP contribution in [0.3, 0.4) is 0 Å². The molecule has 0 bridgehead atoms. The quantitative estimate of drug-likeness (QED) is 0.119. The summed E-state index contributed by atoms with van der Waals surface area (Å²) < 4.78 is 15.1. The molecule has 1 aliphatic rings. The summed E-state index contributed by atoms with van der Waals surface area (Å²) in [6.07, 6.45) is 18.6. The largest absolute Gasteiger partial charge is 0.378 e. The molecule has 1 aromatic carbocycles. The van der Waals surface area contributed by atoms with Gasteiger partial charge in [-0.1, -0.05) is 69.2 Å². The van der Waals surface area contributed by atoms with Crippen LogP contribution >= 0.6 is 0 Å². The Bertz CT molecular complexity index is 1270. The van der Waals surface area contributed by atoms with Gasteiger partial charge in [-0.2, -0.15) is 0 Å². The standard InChI is InChI=1S/C35H47FN4/c1-11-15-17-25(5)31-23-30(18-19-32(31)36)40(24-33(39(9)10)27(7)38-8)34(29(13-3)14-4)35(37)21-20-28(16-12-2)22-26(35)6/h3,14-15,17-19,22-23,28H,4-5,8,11-12,16,20-21,24,37H2,1-2,6-7,9-10H3/b17-15+,33-27-,34-29+. The van der Waals surface area contributed by atoms with Crippen molar-refractivity contribution >= 4 is 18.0 Å². The van der Waals surface area contributed by atoms with Gasteiger partial charge in [0.05, 0.1) is 29.2 Å². The van der Waals surface area contributed by atoms with E-state index < -0.39 is 5.54 Å². The molecule has 0 heterocycles. The van der Waals surface area contributed by atoms with Gasteiger partial charge in [0.15, 0.2) is 0 Å². The molecule has 1 aromatic rings.